The van der Waals surface area contributed by atoms with E-state index in [0.717, 1.165) is 15.2 Å². The molecule has 1 N–H and O–H groups in total. The topological polar surface area (TPSA) is 46.2 Å². The van der Waals surface area contributed by atoms with E-state index in [1.807, 2.05) is 24.3 Å². The molecule has 0 bridgehead atoms. The summed E-state index contributed by atoms with van der Waals surface area (Å²) in [5, 5.41) is 1.90. The van der Waals surface area contributed by atoms with Crippen molar-refractivity contribution in [1.29, 1.82) is 0 Å². The van der Waals surface area contributed by atoms with E-state index in [0.29, 0.717) is 6.54 Å². The van der Waals surface area contributed by atoms with Crippen LogP contribution in [0.2, 0.25) is 0 Å². The summed E-state index contributed by atoms with van der Waals surface area (Å²) in [6.07, 6.45) is 0. The van der Waals surface area contributed by atoms with Crippen LogP contribution in [-0.4, -0.2) is 15.0 Å². The van der Waals surface area contributed by atoms with E-state index in [-0.39, 0.29) is 4.90 Å². The summed E-state index contributed by atoms with van der Waals surface area (Å²) in [6.45, 7) is 2.14. The molecule has 0 saturated heterocycles. The quantitative estimate of drug-likeness (QED) is 0.947. The van der Waals surface area contributed by atoms with E-state index in [2.05, 4.69) is 20.7 Å². The fraction of sp³-hybridized carbons (Fsp3) is 0.167. The molecule has 0 fully saturated rings. The molecule has 0 aromatic heterocycles. The molecule has 17 heavy (non-hydrogen) atoms. The largest absolute Gasteiger partial charge is 0.240 e. The fourth-order valence-corrected chi connectivity index (χ4v) is 3.53. The van der Waals surface area contributed by atoms with Gasteiger partial charge in [-0.25, -0.2) is 13.1 Å². The summed E-state index contributed by atoms with van der Waals surface area (Å²) in [5.74, 6) is 0. The normalized spacial score (nSPS) is 11.9. The van der Waals surface area contributed by atoms with Crippen molar-refractivity contribution in [1.82, 2.24) is 4.72 Å². The number of halogens is 1. The van der Waals surface area contributed by atoms with Crippen LogP contribution < -0.4 is 4.72 Å². The van der Waals surface area contributed by atoms with Gasteiger partial charge in [0, 0.05) is 11.0 Å². The monoisotopic (exact) mass is 313 g/mol. The van der Waals surface area contributed by atoms with Gasteiger partial charge >= 0.3 is 0 Å². The molecule has 0 radical (unpaired) electrons. The highest BCUT2D eigenvalue weighted by atomic mass is 79.9. The Morgan fingerprint density at radius 2 is 1.94 bits per heavy atom. The van der Waals surface area contributed by atoms with Crippen LogP contribution in [0.4, 0.5) is 0 Å². The smallest absolute Gasteiger partial charge is 0.211 e. The Kier molecular flexibility index (Phi) is 3.51. The van der Waals surface area contributed by atoms with Gasteiger partial charge in [0.2, 0.25) is 10.0 Å². The Balaban J connectivity index is 2.66. The van der Waals surface area contributed by atoms with Crippen LogP contribution in [0.5, 0.6) is 0 Å². The third-order valence-corrected chi connectivity index (χ3v) is 4.61. The second-order valence-corrected chi connectivity index (χ2v) is 6.25. The zero-order chi connectivity index (χ0) is 12.5. The van der Waals surface area contributed by atoms with Crippen molar-refractivity contribution in [3.8, 4) is 0 Å². The Morgan fingerprint density at radius 1 is 1.24 bits per heavy atom. The maximum Gasteiger partial charge on any atom is 0.240 e. The van der Waals surface area contributed by atoms with Crippen LogP contribution >= 0.6 is 15.9 Å². The van der Waals surface area contributed by atoms with Crippen LogP contribution in [0.3, 0.4) is 0 Å². The van der Waals surface area contributed by atoms with Gasteiger partial charge in [0.1, 0.15) is 0 Å². The lowest BCUT2D eigenvalue weighted by atomic mass is 10.1. The minimum atomic E-state index is -3.40. The summed E-state index contributed by atoms with van der Waals surface area (Å²) < 4.78 is 27.1. The Hall–Kier alpha value is -0.910. The minimum Gasteiger partial charge on any atom is -0.211 e. The van der Waals surface area contributed by atoms with Crippen molar-refractivity contribution in [2.24, 2.45) is 0 Å². The zero-order valence-corrected chi connectivity index (χ0v) is 11.7. The number of hydrogen-bond acceptors (Lipinski definition) is 2. The van der Waals surface area contributed by atoms with E-state index in [4.69, 9.17) is 0 Å². The first-order valence-corrected chi connectivity index (χ1v) is 7.50. The number of hydrogen-bond donors (Lipinski definition) is 1. The first-order valence-electron chi connectivity index (χ1n) is 5.22. The average Bonchev–Trinajstić information content (AvgIpc) is 2.29. The summed E-state index contributed by atoms with van der Waals surface area (Å²) >= 11 is 3.40. The van der Waals surface area contributed by atoms with E-state index in [9.17, 15) is 8.42 Å². The first kappa shape index (κ1) is 12.5. The summed E-state index contributed by atoms with van der Waals surface area (Å²) in [5.41, 5.74) is 0. The van der Waals surface area contributed by atoms with Crippen molar-refractivity contribution in [2.45, 2.75) is 11.8 Å². The van der Waals surface area contributed by atoms with E-state index >= 15 is 0 Å². The highest BCUT2D eigenvalue weighted by molar-refractivity contribution is 9.10. The molecule has 0 aliphatic rings. The van der Waals surface area contributed by atoms with E-state index < -0.39 is 10.0 Å². The Bertz CT molecular complexity index is 653. The highest BCUT2D eigenvalue weighted by Crippen LogP contribution is 2.27. The van der Waals surface area contributed by atoms with Gasteiger partial charge in [-0.3, -0.25) is 0 Å². The molecule has 0 aliphatic heterocycles. The number of nitrogens with one attached hydrogen (secondary N) is 1. The van der Waals surface area contributed by atoms with Crippen molar-refractivity contribution in [3.63, 3.8) is 0 Å². The standard InChI is InChI=1S/C12H12BrNO2S/c1-2-14-17(15,16)10-7-9-5-3-4-6-11(9)12(13)8-10/h3-8,14H,2H2,1H3. The Labute approximate surface area is 109 Å². The van der Waals surface area contributed by atoms with Crippen LogP contribution in [0, 0.1) is 0 Å². The molecule has 0 atom stereocenters. The van der Waals surface area contributed by atoms with Crippen LogP contribution in [0.25, 0.3) is 10.8 Å². The second kappa shape index (κ2) is 4.76. The summed E-state index contributed by atoms with van der Waals surface area (Å²) in [7, 11) is -3.40. The number of rotatable bonds is 3. The van der Waals surface area contributed by atoms with Crippen molar-refractivity contribution >= 4 is 36.7 Å². The Morgan fingerprint density at radius 3 is 2.65 bits per heavy atom. The summed E-state index contributed by atoms with van der Waals surface area (Å²) in [6, 6.07) is 11.0. The second-order valence-electron chi connectivity index (χ2n) is 3.63. The average molecular weight is 314 g/mol. The van der Waals surface area contributed by atoms with E-state index in [1.54, 1.807) is 19.1 Å². The van der Waals surface area contributed by atoms with Crippen LogP contribution in [-0.2, 0) is 10.0 Å². The van der Waals surface area contributed by atoms with Crippen LogP contribution in [0.15, 0.2) is 45.8 Å². The van der Waals surface area contributed by atoms with Crippen molar-refractivity contribution in [2.75, 3.05) is 6.54 Å². The van der Waals surface area contributed by atoms with Gasteiger partial charge < -0.3 is 0 Å². The third kappa shape index (κ3) is 2.51. The molecule has 0 saturated carbocycles. The summed E-state index contributed by atoms with van der Waals surface area (Å²) in [4.78, 5) is 0.282. The third-order valence-electron chi connectivity index (χ3n) is 2.43. The predicted octanol–water partition coefficient (Wildman–Crippen LogP) is 2.90. The number of fused-ring (bicyclic) bond motifs is 1. The van der Waals surface area contributed by atoms with Crippen LogP contribution in [0.1, 0.15) is 6.92 Å². The lowest BCUT2D eigenvalue weighted by Gasteiger charge is -2.07. The van der Waals surface area contributed by atoms with Gasteiger partial charge in [-0.1, -0.05) is 47.1 Å². The fourth-order valence-electron chi connectivity index (χ4n) is 1.67. The lowest BCUT2D eigenvalue weighted by Crippen LogP contribution is -2.23. The molecule has 0 unspecified atom stereocenters. The minimum absolute atomic E-state index is 0.282. The van der Waals surface area contributed by atoms with Gasteiger partial charge in [-0.15, -0.1) is 0 Å². The molecule has 2 aromatic rings. The molecule has 3 nitrogen and oxygen atoms in total. The number of benzene rings is 2. The van der Waals surface area contributed by atoms with Crippen molar-refractivity contribution < 1.29 is 8.42 Å². The predicted molar refractivity (Wildman–Crippen MR) is 72.5 cm³/mol. The molecular weight excluding hydrogens is 302 g/mol. The van der Waals surface area contributed by atoms with Gasteiger partial charge in [0.15, 0.2) is 0 Å². The van der Waals surface area contributed by atoms with Gasteiger partial charge in [-0.05, 0) is 22.9 Å². The molecular formula is C12H12BrNO2S. The lowest BCUT2D eigenvalue weighted by molar-refractivity contribution is 0.584. The zero-order valence-electron chi connectivity index (χ0n) is 9.27. The molecule has 0 amide bonds. The molecule has 90 valence electrons. The molecule has 0 heterocycles. The molecule has 0 spiro atoms. The SMILES string of the molecule is CCNS(=O)(=O)c1cc(Br)c2ccccc2c1. The molecule has 2 aromatic carbocycles. The van der Waals surface area contributed by atoms with Gasteiger partial charge in [-0.2, -0.15) is 0 Å². The van der Waals surface area contributed by atoms with E-state index in [1.165, 1.54) is 0 Å². The van der Waals surface area contributed by atoms with Gasteiger partial charge in [0.25, 0.3) is 0 Å². The molecule has 5 heteroatoms. The van der Waals surface area contributed by atoms with Gasteiger partial charge in [0.05, 0.1) is 4.90 Å². The molecule has 0 aliphatic carbocycles. The first-order chi connectivity index (χ1) is 8.04. The highest BCUT2D eigenvalue weighted by Gasteiger charge is 2.14. The number of sulfonamides is 1. The van der Waals surface area contributed by atoms with Crippen molar-refractivity contribution in [3.05, 3.63) is 40.9 Å². The maximum absolute atomic E-state index is 11.9. The molecule has 2 rings (SSSR count). The maximum atomic E-state index is 11.9.